The first-order chi connectivity index (χ1) is 6.06. The molecule has 0 fully saturated rings. The Balaban J connectivity index is 3.38. The highest BCUT2D eigenvalue weighted by molar-refractivity contribution is 5.66. The maximum Gasteiger partial charge on any atom is 0.295 e. The average Bonchev–Trinajstić information content (AvgIpc) is 2.01. The molecule has 13 heavy (non-hydrogen) atoms. The smallest absolute Gasteiger partial charge is 0.295 e. The Bertz CT molecular complexity index is 348. The molecule has 1 rings (SSSR count). The van der Waals surface area contributed by atoms with E-state index in [0.29, 0.717) is 11.3 Å². The van der Waals surface area contributed by atoms with Gasteiger partial charge >= 0.3 is 0 Å². The monoisotopic (exact) mass is 180 g/mol. The predicted molar refractivity (Wildman–Crippen MR) is 52.1 cm³/mol. The van der Waals surface area contributed by atoms with E-state index in [-0.39, 0.29) is 10.6 Å². The Hall–Kier alpha value is -1.58. The molecule has 0 aliphatic heterocycles. The molecule has 0 aromatic heterocycles. The topological polar surface area (TPSA) is 55.2 Å². The van der Waals surface area contributed by atoms with E-state index in [0.717, 1.165) is 5.56 Å². The van der Waals surface area contributed by atoms with Gasteiger partial charge < -0.3 is 5.32 Å². The summed E-state index contributed by atoms with van der Waals surface area (Å²) in [5, 5.41) is 13.5. The largest absolute Gasteiger partial charge is 0.383 e. The quantitative estimate of drug-likeness (QED) is 0.561. The number of nitrogens with one attached hydrogen (secondary N) is 1. The molecule has 1 aromatic carbocycles. The average molecular weight is 180 g/mol. The zero-order chi connectivity index (χ0) is 10.0. The highest BCUT2D eigenvalue weighted by atomic mass is 16.6. The van der Waals surface area contributed by atoms with Gasteiger partial charge in [0.15, 0.2) is 0 Å². The molecule has 0 radical (unpaired) electrons. The van der Waals surface area contributed by atoms with Crippen LogP contribution in [0.3, 0.4) is 0 Å². The van der Waals surface area contributed by atoms with Gasteiger partial charge in [-0.3, -0.25) is 10.1 Å². The van der Waals surface area contributed by atoms with Crippen LogP contribution in [0.25, 0.3) is 0 Å². The molecular formula is C9H12N2O2. The lowest BCUT2D eigenvalue weighted by atomic mass is 10.1. The SMILES string of the molecule is CNc1cc(C)cc(C)c1[N+](=O)[O-]. The Morgan fingerprint density at radius 2 is 2.00 bits per heavy atom. The molecule has 0 spiro atoms. The molecule has 0 bridgehead atoms. The third-order valence-electron chi connectivity index (χ3n) is 1.90. The molecular weight excluding hydrogens is 168 g/mol. The number of nitro benzene ring substituents is 1. The highest BCUT2D eigenvalue weighted by Gasteiger charge is 2.16. The van der Waals surface area contributed by atoms with Crippen LogP contribution in [0.5, 0.6) is 0 Å². The van der Waals surface area contributed by atoms with Crippen molar-refractivity contribution in [2.24, 2.45) is 0 Å². The normalized spacial score (nSPS) is 9.77. The Labute approximate surface area is 76.7 Å². The lowest BCUT2D eigenvalue weighted by Gasteiger charge is -2.05. The van der Waals surface area contributed by atoms with Crippen molar-refractivity contribution in [3.63, 3.8) is 0 Å². The van der Waals surface area contributed by atoms with E-state index in [4.69, 9.17) is 0 Å². The summed E-state index contributed by atoms with van der Waals surface area (Å²) in [6, 6.07) is 3.57. The van der Waals surface area contributed by atoms with Crippen LogP contribution in [0.2, 0.25) is 0 Å². The van der Waals surface area contributed by atoms with E-state index >= 15 is 0 Å². The zero-order valence-electron chi connectivity index (χ0n) is 7.92. The van der Waals surface area contributed by atoms with Crippen molar-refractivity contribution in [3.05, 3.63) is 33.4 Å². The lowest BCUT2D eigenvalue weighted by molar-refractivity contribution is -0.384. The lowest BCUT2D eigenvalue weighted by Crippen LogP contribution is -1.99. The fourth-order valence-corrected chi connectivity index (χ4v) is 1.39. The van der Waals surface area contributed by atoms with Crippen LogP contribution in [0.15, 0.2) is 12.1 Å². The van der Waals surface area contributed by atoms with Gasteiger partial charge in [0.1, 0.15) is 5.69 Å². The summed E-state index contributed by atoms with van der Waals surface area (Å²) < 4.78 is 0. The summed E-state index contributed by atoms with van der Waals surface area (Å²) in [4.78, 5) is 10.3. The van der Waals surface area contributed by atoms with Gasteiger partial charge in [-0.05, 0) is 31.5 Å². The van der Waals surface area contributed by atoms with Crippen LogP contribution < -0.4 is 5.32 Å². The predicted octanol–water partition coefficient (Wildman–Crippen LogP) is 2.25. The van der Waals surface area contributed by atoms with E-state index in [1.54, 1.807) is 26.1 Å². The van der Waals surface area contributed by atoms with Gasteiger partial charge in [-0.1, -0.05) is 0 Å². The van der Waals surface area contributed by atoms with Crippen LogP contribution in [-0.4, -0.2) is 12.0 Å². The van der Waals surface area contributed by atoms with Crippen LogP contribution >= 0.6 is 0 Å². The molecule has 0 saturated carbocycles. The van der Waals surface area contributed by atoms with E-state index in [2.05, 4.69) is 5.32 Å². The third kappa shape index (κ3) is 1.77. The van der Waals surface area contributed by atoms with Crippen molar-refractivity contribution in [2.75, 3.05) is 12.4 Å². The molecule has 70 valence electrons. The summed E-state index contributed by atoms with van der Waals surface area (Å²) in [5.41, 5.74) is 2.44. The molecule has 4 heteroatoms. The fourth-order valence-electron chi connectivity index (χ4n) is 1.39. The number of aryl methyl sites for hydroxylation is 2. The zero-order valence-corrected chi connectivity index (χ0v) is 7.92. The molecule has 0 aliphatic carbocycles. The van der Waals surface area contributed by atoms with Crippen molar-refractivity contribution < 1.29 is 4.92 Å². The van der Waals surface area contributed by atoms with Crippen LogP contribution in [0.4, 0.5) is 11.4 Å². The third-order valence-corrected chi connectivity index (χ3v) is 1.90. The molecule has 1 N–H and O–H groups in total. The molecule has 0 amide bonds. The van der Waals surface area contributed by atoms with Crippen LogP contribution in [0.1, 0.15) is 11.1 Å². The summed E-state index contributed by atoms with van der Waals surface area (Å²) in [7, 11) is 1.68. The molecule has 0 atom stereocenters. The van der Waals surface area contributed by atoms with Gasteiger partial charge in [-0.25, -0.2) is 0 Å². The van der Waals surface area contributed by atoms with Crippen molar-refractivity contribution in [3.8, 4) is 0 Å². The van der Waals surface area contributed by atoms with E-state index in [1.165, 1.54) is 0 Å². The van der Waals surface area contributed by atoms with Crippen molar-refractivity contribution >= 4 is 11.4 Å². The van der Waals surface area contributed by atoms with E-state index < -0.39 is 0 Å². The number of hydrogen-bond acceptors (Lipinski definition) is 3. The van der Waals surface area contributed by atoms with Gasteiger partial charge in [0.25, 0.3) is 5.69 Å². The molecule has 0 saturated heterocycles. The maximum absolute atomic E-state index is 10.7. The number of benzene rings is 1. The minimum absolute atomic E-state index is 0.160. The van der Waals surface area contributed by atoms with Crippen LogP contribution in [0, 0.1) is 24.0 Å². The molecule has 4 nitrogen and oxygen atoms in total. The highest BCUT2D eigenvalue weighted by Crippen LogP contribution is 2.28. The molecule has 0 aliphatic rings. The second-order valence-electron chi connectivity index (χ2n) is 2.99. The first kappa shape index (κ1) is 9.51. The summed E-state index contributed by atoms with van der Waals surface area (Å²) in [5.74, 6) is 0. The van der Waals surface area contributed by atoms with Crippen LogP contribution in [-0.2, 0) is 0 Å². The van der Waals surface area contributed by atoms with Gasteiger partial charge in [0, 0.05) is 12.6 Å². The Kier molecular flexibility index (Phi) is 2.51. The number of rotatable bonds is 2. The van der Waals surface area contributed by atoms with Gasteiger partial charge in [-0.2, -0.15) is 0 Å². The first-order valence-corrected chi connectivity index (χ1v) is 3.99. The summed E-state index contributed by atoms with van der Waals surface area (Å²) >= 11 is 0. The van der Waals surface area contributed by atoms with Crippen molar-refractivity contribution in [1.82, 2.24) is 0 Å². The van der Waals surface area contributed by atoms with E-state index in [9.17, 15) is 10.1 Å². The van der Waals surface area contributed by atoms with Crippen molar-refractivity contribution in [1.29, 1.82) is 0 Å². The molecule has 0 unspecified atom stereocenters. The Morgan fingerprint density at radius 1 is 1.38 bits per heavy atom. The van der Waals surface area contributed by atoms with Gasteiger partial charge in [-0.15, -0.1) is 0 Å². The minimum atomic E-state index is -0.361. The van der Waals surface area contributed by atoms with E-state index in [1.807, 2.05) is 6.92 Å². The van der Waals surface area contributed by atoms with Gasteiger partial charge in [0.2, 0.25) is 0 Å². The summed E-state index contributed by atoms with van der Waals surface area (Å²) in [6.07, 6.45) is 0. The number of anilines is 1. The first-order valence-electron chi connectivity index (χ1n) is 3.99. The molecule has 0 heterocycles. The Morgan fingerprint density at radius 3 is 2.46 bits per heavy atom. The number of nitrogens with zero attached hydrogens (tertiary/aromatic N) is 1. The number of hydrogen-bond donors (Lipinski definition) is 1. The minimum Gasteiger partial charge on any atom is -0.383 e. The fraction of sp³-hybridized carbons (Fsp3) is 0.333. The summed E-state index contributed by atoms with van der Waals surface area (Å²) in [6.45, 7) is 3.66. The van der Waals surface area contributed by atoms with Crippen molar-refractivity contribution in [2.45, 2.75) is 13.8 Å². The second kappa shape index (κ2) is 3.43. The standard InChI is InChI=1S/C9H12N2O2/c1-6-4-7(2)9(11(12)13)8(5-6)10-3/h4-5,10H,1-3H3. The maximum atomic E-state index is 10.7. The van der Waals surface area contributed by atoms with Gasteiger partial charge in [0.05, 0.1) is 4.92 Å². The second-order valence-corrected chi connectivity index (χ2v) is 2.99. The number of nitro groups is 1. The molecule has 1 aromatic rings.